The lowest BCUT2D eigenvalue weighted by atomic mass is 9.98. The minimum absolute atomic E-state index is 0.0485. The van der Waals surface area contributed by atoms with Crippen molar-refractivity contribution in [2.24, 2.45) is 5.92 Å². The predicted octanol–water partition coefficient (Wildman–Crippen LogP) is 1.05. The highest BCUT2D eigenvalue weighted by Gasteiger charge is 2.37. The lowest BCUT2D eigenvalue weighted by molar-refractivity contribution is -0.142. The molecule has 0 aromatic heterocycles. The summed E-state index contributed by atoms with van der Waals surface area (Å²) >= 11 is 0. The summed E-state index contributed by atoms with van der Waals surface area (Å²) in [6.07, 6.45) is 5.04. The number of rotatable bonds is 5. The topological polar surface area (TPSA) is 69.6 Å². The van der Waals surface area contributed by atoms with Gasteiger partial charge >= 0.3 is 0 Å². The number of amides is 2. The number of aliphatic hydroxyl groups excluding tert-OH is 1. The van der Waals surface area contributed by atoms with Crippen LogP contribution in [0.25, 0.3) is 0 Å². The van der Waals surface area contributed by atoms with Gasteiger partial charge in [0.2, 0.25) is 11.8 Å². The third-order valence-electron chi connectivity index (χ3n) is 4.38. The average Bonchev–Trinajstić information content (AvgIpc) is 3.28. The second-order valence-electron chi connectivity index (χ2n) is 6.09. The first-order valence-corrected chi connectivity index (χ1v) is 7.83. The third-order valence-corrected chi connectivity index (χ3v) is 4.38. The molecule has 1 saturated carbocycles. The fourth-order valence-electron chi connectivity index (χ4n) is 2.90. The van der Waals surface area contributed by atoms with E-state index < -0.39 is 12.1 Å². The van der Waals surface area contributed by atoms with E-state index in [1.807, 2.05) is 4.90 Å². The number of piperidine rings is 1. The molecule has 2 aliphatic rings. The van der Waals surface area contributed by atoms with Gasteiger partial charge in [-0.05, 0) is 45.4 Å². The molecule has 0 spiro atoms. The Balaban J connectivity index is 2.02. The maximum atomic E-state index is 12.6. The molecule has 0 aromatic carbocycles. The lowest BCUT2D eigenvalue weighted by Gasteiger charge is -2.38. The zero-order valence-corrected chi connectivity index (χ0v) is 12.5. The summed E-state index contributed by atoms with van der Waals surface area (Å²) in [7, 11) is 0. The number of nitrogens with zero attached hydrogens (tertiary/aromatic N) is 1. The number of hydrogen-bond donors (Lipinski definition) is 2. The summed E-state index contributed by atoms with van der Waals surface area (Å²) in [6, 6.07) is -0.550. The second-order valence-corrected chi connectivity index (χ2v) is 6.09. The van der Waals surface area contributed by atoms with Crippen molar-refractivity contribution >= 4 is 11.8 Å². The molecular weight excluding hydrogens is 256 g/mol. The lowest BCUT2D eigenvalue weighted by Crippen LogP contribution is -2.57. The number of likely N-dealkylation sites (tertiary alicyclic amines) is 1. The van der Waals surface area contributed by atoms with Crippen LogP contribution >= 0.6 is 0 Å². The highest BCUT2D eigenvalue weighted by atomic mass is 16.3. The molecule has 1 aliphatic heterocycles. The number of nitrogens with one attached hydrogen (secondary N) is 1. The minimum atomic E-state index is -0.857. The van der Waals surface area contributed by atoms with Crippen LogP contribution in [0.2, 0.25) is 0 Å². The first-order valence-electron chi connectivity index (χ1n) is 7.83. The smallest absolute Gasteiger partial charge is 0.248 e. The largest absolute Gasteiger partial charge is 0.391 e. The molecule has 2 N–H and O–H groups in total. The summed E-state index contributed by atoms with van der Waals surface area (Å²) in [5.41, 5.74) is 0. The van der Waals surface area contributed by atoms with E-state index in [9.17, 15) is 14.7 Å². The molecule has 20 heavy (non-hydrogen) atoms. The van der Waals surface area contributed by atoms with E-state index in [4.69, 9.17) is 0 Å². The molecular formula is C15H26N2O3. The maximum absolute atomic E-state index is 12.6. The molecule has 0 bridgehead atoms. The van der Waals surface area contributed by atoms with Crippen molar-refractivity contribution in [1.82, 2.24) is 10.2 Å². The summed E-state index contributed by atoms with van der Waals surface area (Å²) in [5, 5.41) is 12.6. The number of hydrogen-bond acceptors (Lipinski definition) is 3. The van der Waals surface area contributed by atoms with E-state index in [2.05, 4.69) is 12.2 Å². The fourth-order valence-corrected chi connectivity index (χ4v) is 2.90. The maximum Gasteiger partial charge on any atom is 0.248 e. The van der Waals surface area contributed by atoms with Gasteiger partial charge in [-0.1, -0.05) is 6.92 Å². The van der Waals surface area contributed by atoms with Crippen LogP contribution in [0, 0.1) is 5.92 Å². The molecule has 3 unspecified atom stereocenters. The van der Waals surface area contributed by atoms with E-state index >= 15 is 0 Å². The summed E-state index contributed by atoms with van der Waals surface area (Å²) < 4.78 is 0. The Labute approximate surface area is 120 Å². The molecule has 5 heteroatoms. The average molecular weight is 282 g/mol. The van der Waals surface area contributed by atoms with Crippen molar-refractivity contribution in [2.75, 3.05) is 6.54 Å². The van der Waals surface area contributed by atoms with Gasteiger partial charge in [-0.2, -0.15) is 0 Å². The first kappa shape index (κ1) is 15.3. The first-order chi connectivity index (χ1) is 9.54. The van der Waals surface area contributed by atoms with Gasteiger partial charge in [0.05, 0.1) is 6.10 Å². The molecule has 114 valence electrons. The molecule has 2 fully saturated rings. The van der Waals surface area contributed by atoms with Gasteiger partial charge in [0, 0.05) is 18.5 Å². The van der Waals surface area contributed by atoms with Crippen LogP contribution in [-0.2, 0) is 9.59 Å². The standard InChI is InChI=1S/C15H26N2O3/c1-3-12-6-4-5-9-17(12)15(20)13(10(2)18)16-14(19)11-7-8-11/h10-13,18H,3-9H2,1-2H3,(H,16,19). The van der Waals surface area contributed by atoms with Crippen molar-refractivity contribution in [3.05, 3.63) is 0 Å². The van der Waals surface area contributed by atoms with Crippen LogP contribution in [0.1, 0.15) is 52.4 Å². The van der Waals surface area contributed by atoms with Crippen molar-refractivity contribution in [3.8, 4) is 0 Å². The second kappa shape index (κ2) is 6.57. The number of carbonyl (C=O) groups is 2. The molecule has 3 atom stereocenters. The summed E-state index contributed by atoms with van der Waals surface area (Å²) in [6.45, 7) is 4.39. The fraction of sp³-hybridized carbons (Fsp3) is 0.867. The van der Waals surface area contributed by atoms with E-state index in [1.54, 1.807) is 6.92 Å². The van der Waals surface area contributed by atoms with E-state index in [0.29, 0.717) is 0 Å². The molecule has 5 nitrogen and oxygen atoms in total. The number of carbonyl (C=O) groups excluding carboxylic acids is 2. The monoisotopic (exact) mass is 282 g/mol. The quantitative estimate of drug-likeness (QED) is 0.792. The Bertz CT molecular complexity index is 366. The van der Waals surface area contributed by atoms with Gasteiger partial charge in [0.25, 0.3) is 0 Å². The summed E-state index contributed by atoms with van der Waals surface area (Å²) in [5.74, 6) is -0.165. The molecule has 0 radical (unpaired) electrons. The highest BCUT2D eigenvalue weighted by Crippen LogP contribution is 2.29. The Morgan fingerprint density at radius 1 is 1.30 bits per heavy atom. The molecule has 1 heterocycles. The highest BCUT2D eigenvalue weighted by molar-refractivity contribution is 5.90. The van der Waals surface area contributed by atoms with Crippen molar-refractivity contribution in [1.29, 1.82) is 0 Å². The van der Waals surface area contributed by atoms with Crippen LogP contribution in [0.15, 0.2) is 0 Å². The molecule has 0 aromatic rings. The van der Waals surface area contributed by atoms with Gasteiger partial charge in [-0.25, -0.2) is 0 Å². The van der Waals surface area contributed by atoms with Gasteiger partial charge < -0.3 is 15.3 Å². The Morgan fingerprint density at radius 2 is 2.00 bits per heavy atom. The SMILES string of the molecule is CCC1CCCCN1C(=O)C(NC(=O)C1CC1)C(C)O. The van der Waals surface area contributed by atoms with Crippen LogP contribution in [0.3, 0.4) is 0 Å². The minimum Gasteiger partial charge on any atom is -0.391 e. The van der Waals surface area contributed by atoms with Gasteiger partial charge in [0.15, 0.2) is 0 Å². The van der Waals surface area contributed by atoms with E-state index in [1.165, 1.54) is 0 Å². The molecule has 2 rings (SSSR count). The van der Waals surface area contributed by atoms with Crippen molar-refractivity contribution in [2.45, 2.75) is 70.6 Å². The predicted molar refractivity (Wildman–Crippen MR) is 76.0 cm³/mol. The molecule has 2 amide bonds. The number of aliphatic hydroxyl groups is 1. The summed E-state index contributed by atoms with van der Waals surface area (Å²) in [4.78, 5) is 26.4. The van der Waals surface area contributed by atoms with Crippen molar-refractivity contribution in [3.63, 3.8) is 0 Å². The Kier molecular flexibility index (Phi) is 5.02. The molecule has 1 aliphatic carbocycles. The van der Waals surface area contributed by atoms with Gasteiger partial charge in [0.1, 0.15) is 6.04 Å². The molecule has 1 saturated heterocycles. The zero-order valence-electron chi connectivity index (χ0n) is 12.5. The normalized spacial score (nSPS) is 25.9. The Hall–Kier alpha value is -1.10. The van der Waals surface area contributed by atoms with Crippen molar-refractivity contribution < 1.29 is 14.7 Å². The van der Waals surface area contributed by atoms with E-state index in [0.717, 1.165) is 45.1 Å². The zero-order chi connectivity index (χ0) is 14.7. The van der Waals surface area contributed by atoms with Gasteiger partial charge in [-0.3, -0.25) is 9.59 Å². The van der Waals surface area contributed by atoms with Crippen LogP contribution in [0.4, 0.5) is 0 Å². The van der Waals surface area contributed by atoms with Crippen LogP contribution in [-0.4, -0.2) is 46.6 Å². The van der Waals surface area contributed by atoms with E-state index in [-0.39, 0.29) is 23.8 Å². The van der Waals surface area contributed by atoms with Crippen LogP contribution in [0.5, 0.6) is 0 Å². The third kappa shape index (κ3) is 3.51. The van der Waals surface area contributed by atoms with Gasteiger partial charge in [-0.15, -0.1) is 0 Å². The van der Waals surface area contributed by atoms with Crippen LogP contribution < -0.4 is 5.32 Å². The Morgan fingerprint density at radius 3 is 2.55 bits per heavy atom.